The van der Waals surface area contributed by atoms with Crippen LogP contribution in [-0.4, -0.2) is 50.8 Å². The summed E-state index contributed by atoms with van der Waals surface area (Å²) in [5, 5.41) is 15.2. The molecule has 1 aromatic heterocycles. The van der Waals surface area contributed by atoms with Gasteiger partial charge in [0.2, 0.25) is 0 Å². The van der Waals surface area contributed by atoms with E-state index in [1.807, 2.05) is 0 Å². The largest absolute Gasteiger partial charge is 0.306 e. The molecule has 92 valence electrons. The molecular weight excluding hydrogens is 204 g/mol. The Kier molecular flexibility index (Phi) is 5.34. The third-order valence-corrected chi connectivity index (χ3v) is 2.58. The molecule has 1 aromatic rings. The van der Waals surface area contributed by atoms with E-state index in [1.165, 1.54) is 4.80 Å². The molecule has 0 saturated heterocycles. The number of aromatic nitrogens is 4. The predicted molar refractivity (Wildman–Crippen MR) is 62.9 cm³/mol. The molecule has 0 aliphatic rings. The summed E-state index contributed by atoms with van der Waals surface area (Å²) in [6.07, 6.45) is 0. The van der Waals surface area contributed by atoms with Gasteiger partial charge in [0.1, 0.15) is 0 Å². The molecule has 16 heavy (non-hydrogen) atoms. The topological polar surface area (TPSA) is 58.9 Å². The van der Waals surface area contributed by atoms with Crippen LogP contribution in [0.5, 0.6) is 0 Å². The van der Waals surface area contributed by atoms with E-state index in [9.17, 15) is 0 Å². The van der Waals surface area contributed by atoms with Gasteiger partial charge < -0.3 is 10.2 Å². The van der Waals surface area contributed by atoms with Gasteiger partial charge in [-0.2, -0.15) is 4.80 Å². The first-order chi connectivity index (χ1) is 7.65. The van der Waals surface area contributed by atoms with Gasteiger partial charge in [-0.25, -0.2) is 0 Å². The van der Waals surface area contributed by atoms with E-state index in [2.05, 4.69) is 46.4 Å². The summed E-state index contributed by atoms with van der Waals surface area (Å²) in [5.41, 5.74) is 0. The fourth-order valence-corrected chi connectivity index (χ4v) is 1.59. The van der Waals surface area contributed by atoms with Crippen LogP contribution in [0.2, 0.25) is 0 Å². The van der Waals surface area contributed by atoms with Gasteiger partial charge in [0.25, 0.3) is 0 Å². The molecule has 1 heterocycles. The first-order valence-electron chi connectivity index (χ1n) is 5.84. The molecule has 0 aliphatic carbocycles. The summed E-state index contributed by atoms with van der Waals surface area (Å²) in [6, 6.07) is 0.434. The van der Waals surface area contributed by atoms with Crippen molar-refractivity contribution in [3.05, 3.63) is 5.82 Å². The van der Waals surface area contributed by atoms with Crippen molar-refractivity contribution in [2.45, 2.75) is 33.4 Å². The normalized spacial score (nSPS) is 13.3. The molecule has 0 amide bonds. The monoisotopic (exact) mass is 226 g/mol. The van der Waals surface area contributed by atoms with Crippen LogP contribution in [0.1, 0.15) is 26.6 Å². The third kappa shape index (κ3) is 4.24. The number of likely N-dealkylation sites (N-methyl/N-ethyl adjacent to an activating group) is 1. The van der Waals surface area contributed by atoms with Crippen molar-refractivity contribution in [2.24, 2.45) is 7.05 Å². The van der Waals surface area contributed by atoms with Gasteiger partial charge in [0, 0.05) is 12.6 Å². The van der Waals surface area contributed by atoms with Gasteiger partial charge in [-0.05, 0) is 25.2 Å². The highest BCUT2D eigenvalue weighted by Crippen LogP contribution is 1.93. The molecule has 0 aromatic carbocycles. The molecule has 6 nitrogen and oxygen atoms in total. The molecule has 0 saturated carbocycles. The molecule has 1 atom stereocenters. The van der Waals surface area contributed by atoms with E-state index in [4.69, 9.17) is 0 Å². The molecule has 1 unspecified atom stereocenters. The van der Waals surface area contributed by atoms with Crippen LogP contribution in [0, 0.1) is 0 Å². The first-order valence-corrected chi connectivity index (χ1v) is 5.84. The lowest BCUT2D eigenvalue weighted by atomic mass is 10.3. The Bertz CT molecular complexity index is 293. The van der Waals surface area contributed by atoms with E-state index < -0.39 is 0 Å². The zero-order valence-corrected chi connectivity index (χ0v) is 10.6. The van der Waals surface area contributed by atoms with Crippen LogP contribution in [0.15, 0.2) is 0 Å². The van der Waals surface area contributed by atoms with Crippen molar-refractivity contribution in [1.82, 2.24) is 30.4 Å². The van der Waals surface area contributed by atoms with Crippen LogP contribution in [0.25, 0.3) is 0 Å². The standard InChI is InChI=1S/C10H22N6/c1-5-16(6-2)8-9(3)11-7-10-12-14-15(4)13-10/h9,11H,5-8H2,1-4H3. The lowest BCUT2D eigenvalue weighted by Gasteiger charge is -2.22. The lowest BCUT2D eigenvalue weighted by Crippen LogP contribution is -2.38. The number of tetrazole rings is 1. The Morgan fingerprint density at radius 3 is 2.56 bits per heavy atom. The van der Waals surface area contributed by atoms with Gasteiger partial charge in [0.15, 0.2) is 5.82 Å². The summed E-state index contributed by atoms with van der Waals surface area (Å²) in [5.74, 6) is 0.744. The number of aryl methyl sites for hydroxylation is 1. The Hall–Kier alpha value is -1.01. The maximum atomic E-state index is 4.12. The maximum Gasteiger partial charge on any atom is 0.188 e. The SMILES string of the molecule is CCN(CC)CC(C)NCc1nnn(C)n1. The molecule has 0 aliphatic heterocycles. The average molecular weight is 226 g/mol. The minimum atomic E-state index is 0.434. The van der Waals surface area contributed by atoms with Crippen LogP contribution < -0.4 is 5.32 Å². The Labute approximate surface area is 97.0 Å². The molecule has 0 radical (unpaired) electrons. The van der Waals surface area contributed by atoms with E-state index in [0.717, 1.165) is 25.5 Å². The zero-order valence-electron chi connectivity index (χ0n) is 10.6. The van der Waals surface area contributed by atoms with Gasteiger partial charge in [0.05, 0.1) is 13.6 Å². The smallest absolute Gasteiger partial charge is 0.188 e. The number of nitrogens with one attached hydrogen (secondary N) is 1. The second kappa shape index (κ2) is 6.55. The second-order valence-corrected chi connectivity index (χ2v) is 3.96. The van der Waals surface area contributed by atoms with Crippen molar-refractivity contribution < 1.29 is 0 Å². The lowest BCUT2D eigenvalue weighted by molar-refractivity contribution is 0.270. The van der Waals surface area contributed by atoms with Crippen molar-refractivity contribution in [3.8, 4) is 0 Å². The second-order valence-electron chi connectivity index (χ2n) is 3.96. The number of hydrogen-bond donors (Lipinski definition) is 1. The van der Waals surface area contributed by atoms with Crippen molar-refractivity contribution in [1.29, 1.82) is 0 Å². The molecule has 0 fully saturated rings. The predicted octanol–water partition coefficient (Wildman–Crippen LogP) is 0.0300. The average Bonchev–Trinajstić information content (AvgIpc) is 2.69. The fraction of sp³-hybridized carbons (Fsp3) is 0.900. The van der Waals surface area contributed by atoms with Gasteiger partial charge >= 0.3 is 0 Å². The van der Waals surface area contributed by atoms with Gasteiger partial charge in [-0.15, -0.1) is 10.2 Å². The third-order valence-electron chi connectivity index (χ3n) is 2.58. The van der Waals surface area contributed by atoms with E-state index in [0.29, 0.717) is 12.6 Å². The van der Waals surface area contributed by atoms with E-state index in [1.54, 1.807) is 7.05 Å². The highest BCUT2D eigenvalue weighted by atomic mass is 15.6. The van der Waals surface area contributed by atoms with E-state index >= 15 is 0 Å². The maximum absolute atomic E-state index is 4.12. The number of hydrogen-bond acceptors (Lipinski definition) is 5. The molecule has 0 spiro atoms. The van der Waals surface area contributed by atoms with Crippen LogP contribution in [0.4, 0.5) is 0 Å². The van der Waals surface area contributed by atoms with Crippen LogP contribution in [0.3, 0.4) is 0 Å². The van der Waals surface area contributed by atoms with Crippen LogP contribution >= 0.6 is 0 Å². The minimum absolute atomic E-state index is 0.434. The zero-order chi connectivity index (χ0) is 12.0. The molecule has 1 rings (SSSR count). The first kappa shape index (κ1) is 13.1. The van der Waals surface area contributed by atoms with Crippen LogP contribution in [-0.2, 0) is 13.6 Å². The van der Waals surface area contributed by atoms with Crippen molar-refractivity contribution in [2.75, 3.05) is 19.6 Å². The molecule has 1 N–H and O–H groups in total. The van der Waals surface area contributed by atoms with Gasteiger partial charge in [-0.1, -0.05) is 13.8 Å². The Morgan fingerprint density at radius 1 is 1.38 bits per heavy atom. The Balaban J connectivity index is 2.26. The molecule has 0 bridgehead atoms. The van der Waals surface area contributed by atoms with Gasteiger partial charge in [-0.3, -0.25) is 0 Å². The Morgan fingerprint density at radius 2 is 2.06 bits per heavy atom. The minimum Gasteiger partial charge on any atom is -0.306 e. The highest BCUT2D eigenvalue weighted by molar-refractivity contribution is 4.77. The van der Waals surface area contributed by atoms with Crippen molar-refractivity contribution in [3.63, 3.8) is 0 Å². The quantitative estimate of drug-likeness (QED) is 0.711. The summed E-state index contributed by atoms with van der Waals surface area (Å²) >= 11 is 0. The fourth-order valence-electron chi connectivity index (χ4n) is 1.59. The molecular formula is C10H22N6. The number of rotatable bonds is 7. The van der Waals surface area contributed by atoms with Crippen molar-refractivity contribution >= 4 is 0 Å². The number of nitrogens with zero attached hydrogens (tertiary/aromatic N) is 5. The summed E-state index contributed by atoms with van der Waals surface area (Å²) in [6.45, 7) is 10.4. The van der Waals surface area contributed by atoms with E-state index in [-0.39, 0.29) is 0 Å². The summed E-state index contributed by atoms with van der Waals surface area (Å²) in [4.78, 5) is 3.87. The summed E-state index contributed by atoms with van der Waals surface area (Å²) < 4.78 is 0. The molecule has 6 heteroatoms. The summed E-state index contributed by atoms with van der Waals surface area (Å²) in [7, 11) is 1.77. The highest BCUT2D eigenvalue weighted by Gasteiger charge is 2.08.